The van der Waals surface area contributed by atoms with Crippen molar-refractivity contribution in [3.63, 3.8) is 0 Å². The van der Waals surface area contributed by atoms with E-state index in [4.69, 9.17) is 5.11 Å². The lowest BCUT2D eigenvalue weighted by molar-refractivity contribution is 0.229. The summed E-state index contributed by atoms with van der Waals surface area (Å²) in [5.74, 6) is 0.175. The highest BCUT2D eigenvalue weighted by Crippen LogP contribution is 2.16. The molecular formula is C14H20N2O2S. The third-order valence-electron chi connectivity index (χ3n) is 3.19. The number of amides is 2. The molecule has 0 bridgehead atoms. The number of thiophene rings is 1. The second kappa shape index (κ2) is 6.73. The lowest BCUT2D eigenvalue weighted by Crippen LogP contribution is -2.45. The number of nitrogens with one attached hydrogen (secondary N) is 2. The first-order valence-electron chi connectivity index (χ1n) is 6.56. The van der Waals surface area contributed by atoms with Crippen LogP contribution in [0.2, 0.25) is 0 Å². The van der Waals surface area contributed by atoms with Crippen molar-refractivity contribution in [1.82, 2.24) is 10.6 Å². The molecule has 104 valence electrons. The Bertz CT molecular complexity index is 431. The van der Waals surface area contributed by atoms with E-state index < -0.39 is 0 Å². The molecule has 5 heteroatoms. The number of rotatable bonds is 5. The molecule has 2 amide bonds. The van der Waals surface area contributed by atoms with Crippen molar-refractivity contribution in [3.05, 3.63) is 34.5 Å². The molecule has 2 rings (SSSR count). The Hall–Kier alpha value is -1.33. The standard InChI is InChI=1S/C14H20N2O2S/c1-10(7-13-3-2-6-19-13)15-14(18)16-12-5-4-11(8-12)9-17/h2-6,10-12,17H,7-9H2,1H3,(H2,15,16,18)/t10-,11+,12-/m1/s1. The van der Waals surface area contributed by atoms with Crippen LogP contribution >= 0.6 is 11.3 Å². The summed E-state index contributed by atoms with van der Waals surface area (Å²) in [7, 11) is 0. The molecule has 0 aromatic carbocycles. The SMILES string of the molecule is C[C@H](Cc1cccs1)NC(=O)N[C@@H]1C=C[C@H](CO)C1. The number of aliphatic hydroxyl groups is 1. The zero-order chi connectivity index (χ0) is 13.7. The van der Waals surface area contributed by atoms with Crippen LogP contribution in [0, 0.1) is 5.92 Å². The van der Waals surface area contributed by atoms with Crippen molar-refractivity contribution in [2.75, 3.05) is 6.61 Å². The van der Waals surface area contributed by atoms with Gasteiger partial charge in [-0.05, 0) is 24.8 Å². The summed E-state index contributed by atoms with van der Waals surface area (Å²) in [5.41, 5.74) is 0. The quantitative estimate of drug-likeness (QED) is 0.722. The van der Waals surface area contributed by atoms with Crippen LogP contribution in [0.3, 0.4) is 0 Å². The molecule has 0 unspecified atom stereocenters. The van der Waals surface area contributed by atoms with E-state index in [-0.39, 0.29) is 30.6 Å². The molecule has 1 aliphatic rings. The molecular weight excluding hydrogens is 260 g/mol. The summed E-state index contributed by atoms with van der Waals surface area (Å²) in [5, 5.41) is 16.9. The van der Waals surface area contributed by atoms with Crippen molar-refractivity contribution < 1.29 is 9.90 Å². The first-order valence-corrected chi connectivity index (χ1v) is 7.44. The van der Waals surface area contributed by atoms with Crippen LogP contribution < -0.4 is 10.6 Å². The third-order valence-corrected chi connectivity index (χ3v) is 4.09. The number of urea groups is 1. The van der Waals surface area contributed by atoms with Crippen molar-refractivity contribution in [3.8, 4) is 0 Å². The van der Waals surface area contributed by atoms with Gasteiger partial charge in [0, 0.05) is 35.9 Å². The number of aliphatic hydroxyl groups excluding tert-OH is 1. The summed E-state index contributed by atoms with van der Waals surface area (Å²) in [4.78, 5) is 13.1. The van der Waals surface area contributed by atoms with Crippen molar-refractivity contribution in [2.24, 2.45) is 5.92 Å². The van der Waals surface area contributed by atoms with Gasteiger partial charge in [-0.1, -0.05) is 18.2 Å². The molecule has 1 aliphatic carbocycles. The number of carbonyl (C=O) groups is 1. The lowest BCUT2D eigenvalue weighted by Gasteiger charge is -2.17. The van der Waals surface area contributed by atoms with Crippen LogP contribution in [-0.4, -0.2) is 29.8 Å². The molecule has 3 N–H and O–H groups in total. The van der Waals surface area contributed by atoms with E-state index in [9.17, 15) is 4.79 Å². The largest absolute Gasteiger partial charge is 0.396 e. The van der Waals surface area contributed by atoms with Crippen molar-refractivity contribution >= 4 is 17.4 Å². The second-order valence-corrected chi connectivity index (χ2v) is 6.00. The maximum Gasteiger partial charge on any atom is 0.315 e. The highest BCUT2D eigenvalue weighted by atomic mass is 32.1. The molecule has 1 heterocycles. The zero-order valence-electron chi connectivity index (χ0n) is 11.0. The zero-order valence-corrected chi connectivity index (χ0v) is 11.8. The molecule has 1 aromatic heterocycles. The van der Waals surface area contributed by atoms with Gasteiger partial charge in [0.15, 0.2) is 0 Å². The molecule has 0 saturated carbocycles. The van der Waals surface area contributed by atoms with E-state index >= 15 is 0 Å². The van der Waals surface area contributed by atoms with Gasteiger partial charge in [0.1, 0.15) is 0 Å². The minimum Gasteiger partial charge on any atom is -0.396 e. The molecule has 3 atom stereocenters. The minimum atomic E-state index is -0.141. The van der Waals surface area contributed by atoms with Gasteiger partial charge >= 0.3 is 6.03 Å². The molecule has 1 aromatic rings. The minimum absolute atomic E-state index is 0.0334. The molecule has 0 aliphatic heterocycles. The average molecular weight is 280 g/mol. The van der Waals surface area contributed by atoms with Crippen LogP contribution in [-0.2, 0) is 6.42 Å². The van der Waals surface area contributed by atoms with E-state index in [2.05, 4.69) is 16.7 Å². The normalized spacial score (nSPS) is 23.3. The Morgan fingerprint density at radius 1 is 1.58 bits per heavy atom. The predicted octanol–water partition coefficient (Wildman–Crippen LogP) is 1.92. The van der Waals surface area contributed by atoms with E-state index in [0.29, 0.717) is 0 Å². The van der Waals surface area contributed by atoms with Crippen LogP contribution in [0.15, 0.2) is 29.7 Å². The maximum atomic E-state index is 11.8. The van der Waals surface area contributed by atoms with E-state index in [0.717, 1.165) is 12.8 Å². The Labute approximate surface area is 117 Å². The van der Waals surface area contributed by atoms with Crippen LogP contribution in [0.1, 0.15) is 18.2 Å². The molecule has 19 heavy (non-hydrogen) atoms. The Morgan fingerprint density at radius 3 is 3.05 bits per heavy atom. The van der Waals surface area contributed by atoms with E-state index in [1.54, 1.807) is 11.3 Å². The fraction of sp³-hybridized carbons (Fsp3) is 0.500. The average Bonchev–Trinajstić information content (AvgIpc) is 3.00. The van der Waals surface area contributed by atoms with Gasteiger partial charge in [-0.25, -0.2) is 4.79 Å². The Morgan fingerprint density at radius 2 is 2.42 bits per heavy atom. The molecule has 0 radical (unpaired) electrons. The third kappa shape index (κ3) is 4.36. The van der Waals surface area contributed by atoms with Crippen LogP contribution in [0.5, 0.6) is 0 Å². The lowest BCUT2D eigenvalue weighted by atomic mass is 10.1. The molecule has 0 saturated heterocycles. The predicted molar refractivity (Wildman–Crippen MR) is 77.3 cm³/mol. The first kappa shape index (κ1) is 14.1. The van der Waals surface area contributed by atoms with Crippen LogP contribution in [0.4, 0.5) is 4.79 Å². The number of hydrogen-bond donors (Lipinski definition) is 3. The topological polar surface area (TPSA) is 61.4 Å². The van der Waals surface area contributed by atoms with E-state index in [1.165, 1.54) is 4.88 Å². The highest BCUT2D eigenvalue weighted by Gasteiger charge is 2.20. The fourth-order valence-electron chi connectivity index (χ4n) is 2.23. The maximum absolute atomic E-state index is 11.8. The van der Waals surface area contributed by atoms with Crippen molar-refractivity contribution in [1.29, 1.82) is 0 Å². The van der Waals surface area contributed by atoms with Gasteiger partial charge in [0.05, 0.1) is 0 Å². The highest BCUT2D eigenvalue weighted by molar-refractivity contribution is 7.09. The van der Waals surface area contributed by atoms with Gasteiger partial charge in [0.2, 0.25) is 0 Å². The van der Waals surface area contributed by atoms with Gasteiger partial charge < -0.3 is 15.7 Å². The fourth-order valence-corrected chi connectivity index (χ4v) is 3.07. The van der Waals surface area contributed by atoms with Gasteiger partial charge in [-0.15, -0.1) is 11.3 Å². The first-order chi connectivity index (χ1) is 9.17. The van der Waals surface area contributed by atoms with Gasteiger partial charge in [-0.3, -0.25) is 0 Å². The summed E-state index contributed by atoms with van der Waals surface area (Å²) in [6, 6.07) is 4.10. The summed E-state index contributed by atoms with van der Waals surface area (Å²) < 4.78 is 0. The van der Waals surface area contributed by atoms with E-state index in [1.807, 2.05) is 30.5 Å². The van der Waals surface area contributed by atoms with Crippen LogP contribution in [0.25, 0.3) is 0 Å². The van der Waals surface area contributed by atoms with Crippen molar-refractivity contribution in [2.45, 2.75) is 31.8 Å². The van der Waals surface area contributed by atoms with Gasteiger partial charge in [-0.2, -0.15) is 0 Å². The molecule has 0 fully saturated rings. The summed E-state index contributed by atoms with van der Waals surface area (Å²) >= 11 is 1.70. The number of hydrogen-bond acceptors (Lipinski definition) is 3. The Kier molecular flexibility index (Phi) is 4.99. The monoisotopic (exact) mass is 280 g/mol. The molecule has 0 spiro atoms. The summed E-state index contributed by atoms with van der Waals surface area (Å²) in [6.07, 6.45) is 5.54. The Balaban J connectivity index is 1.71. The molecule has 4 nitrogen and oxygen atoms in total. The number of carbonyl (C=O) groups excluding carboxylic acids is 1. The smallest absolute Gasteiger partial charge is 0.315 e. The second-order valence-electron chi connectivity index (χ2n) is 4.97. The van der Waals surface area contributed by atoms with Gasteiger partial charge in [0.25, 0.3) is 0 Å². The summed E-state index contributed by atoms with van der Waals surface area (Å²) in [6.45, 7) is 2.14.